The Morgan fingerprint density at radius 2 is 2.05 bits per heavy atom. The van der Waals surface area contributed by atoms with Crippen molar-refractivity contribution in [1.82, 2.24) is 14.8 Å². The van der Waals surface area contributed by atoms with E-state index >= 15 is 0 Å². The van der Waals surface area contributed by atoms with Gasteiger partial charge in [0.25, 0.3) is 0 Å². The molecule has 2 saturated heterocycles. The van der Waals surface area contributed by atoms with Gasteiger partial charge in [-0.05, 0) is 20.3 Å². The Hall–Kier alpha value is -1.40. The summed E-state index contributed by atoms with van der Waals surface area (Å²) in [6.45, 7) is 9.26. The highest BCUT2D eigenvalue weighted by Gasteiger charge is 2.30. The molecule has 1 amide bonds. The van der Waals surface area contributed by atoms with Crippen LogP contribution in [0.25, 0.3) is 0 Å². The van der Waals surface area contributed by atoms with E-state index in [-0.39, 0.29) is 11.8 Å². The number of ether oxygens (including phenoxy) is 1. The van der Waals surface area contributed by atoms with E-state index in [1.165, 1.54) is 0 Å². The lowest BCUT2D eigenvalue weighted by Crippen LogP contribution is -2.50. The van der Waals surface area contributed by atoms with Crippen LogP contribution >= 0.6 is 0 Å². The molecule has 0 radical (unpaired) electrons. The molecule has 6 heteroatoms. The van der Waals surface area contributed by atoms with Crippen LogP contribution in [0.2, 0.25) is 0 Å². The lowest BCUT2D eigenvalue weighted by atomic mass is 10.1. The molecular formula is C15H23N3O3. The van der Waals surface area contributed by atoms with Crippen LogP contribution in [0, 0.1) is 19.8 Å². The summed E-state index contributed by atoms with van der Waals surface area (Å²) in [6, 6.07) is 0. The number of aromatic nitrogens is 1. The summed E-state index contributed by atoms with van der Waals surface area (Å²) in [5, 5.41) is 0. The van der Waals surface area contributed by atoms with Crippen molar-refractivity contribution >= 4 is 5.91 Å². The maximum absolute atomic E-state index is 12.3. The Morgan fingerprint density at radius 1 is 1.29 bits per heavy atom. The van der Waals surface area contributed by atoms with Crippen molar-refractivity contribution in [3.05, 3.63) is 17.3 Å². The molecule has 21 heavy (non-hydrogen) atoms. The SMILES string of the molecule is Cc1nc(CN2CCN(C(=O)C3CCOC3)CC2)oc1C. The minimum absolute atomic E-state index is 0.0774. The summed E-state index contributed by atoms with van der Waals surface area (Å²) >= 11 is 0. The zero-order valence-corrected chi connectivity index (χ0v) is 12.8. The summed E-state index contributed by atoms with van der Waals surface area (Å²) in [6.07, 6.45) is 0.869. The number of amides is 1. The monoisotopic (exact) mass is 293 g/mol. The lowest BCUT2D eigenvalue weighted by molar-refractivity contribution is -0.137. The first-order valence-corrected chi connectivity index (χ1v) is 7.65. The highest BCUT2D eigenvalue weighted by Crippen LogP contribution is 2.18. The lowest BCUT2D eigenvalue weighted by Gasteiger charge is -2.35. The first-order chi connectivity index (χ1) is 10.1. The molecule has 6 nitrogen and oxygen atoms in total. The van der Waals surface area contributed by atoms with Gasteiger partial charge in [-0.3, -0.25) is 9.69 Å². The van der Waals surface area contributed by atoms with E-state index in [0.717, 1.165) is 63.1 Å². The zero-order chi connectivity index (χ0) is 14.8. The molecule has 3 rings (SSSR count). The van der Waals surface area contributed by atoms with E-state index in [0.29, 0.717) is 6.61 Å². The molecule has 0 aromatic carbocycles. The Labute approximate surface area is 125 Å². The summed E-state index contributed by atoms with van der Waals surface area (Å²) in [5.74, 6) is 2.00. The van der Waals surface area contributed by atoms with Gasteiger partial charge in [0.05, 0.1) is 24.8 Å². The Morgan fingerprint density at radius 3 is 2.62 bits per heavy atom. The zero-order valence-electron chi connectivity index (χ0n) is 12.8. The molecule has 3 heterocycles. The Balaban J connectivity index is 1.49. The molecular weight excluding hydrogens is 270 g/mol. The van der Waals surface area contributed by atoms with Crippen LogP contribution in [0.1, 0.15) is 23.8 Å². The highest BCUT2D eigenvalue weighted by molar-refractivity contribution is 5.79. The van der Waals surface area contributed by atoms with Gasteiger partial charge in [0.1, 0.15) is 5.76 Å². The van der Waals surface area contributed by atoms with Gasteiger partial charge >= 0.3 is 0 Å². The normalized spacial score (nSPS) is 23.7. The van der Waals surface area contributed by atoms with Crippen molar-refractivity contribution in [3.63, 3.8) is 0 Å². The van der Waals surface area contributed by atoms with Crippen molar-refractivity contribution in [1.29, 1.82) is 0 Å². The third-order valence-electron chi connectivity index (χ3n) is 4.39. The topological polar surface area (TPSA) is 58.8 Å². The summed E-state index contributed by atoms with van der Waals surface area (Å²) < 4.78 is 10.9. The first-order valence-electron chi connectivity index (χ1n) is 7.65. The van der Waals surface area contributed by atoms with Gasteiger partial charge < -0.3 is 14.1 Å². The third kappa shape index (κ3) is 3.27. The number of carbonyl (C=O) groups is 1. The Kier molecular flexibility index (Phi) is 4.26. The van der Waals surface area contributed by atoms with E-state index in [4.69, 9.17) is 9.15 Å². The first kappa shape index (κ1) is 14.5. The van der Waals surface area contributed by atoms with Gasteiger partial charge in [-0.15, -0.1) is 0 Å². The second kappa shape index (κ2) is 6.15. The van der Waals surface area contributed by atoms with Crippen LogP contribution in [0.5, 0.6) is 0 Å². The fourth-order valence-corrected chi connectivity index (χ4v) is 2.91. The Bertz CT molecular complexity index is 481. The molecule has 2 fully saturated rings. The number of carbonyl (C=O) groups excluding carboxylic acids is 1. The second-order valence-electron chi connectivity index (χ2n) is 5.91. The van der Waals surface area contributed by atoms with Gasteiger partial charge in [0.2, 0.25) is 11.8 Å². The van der Waals surface area contributed by atoms with Gasteiger partial charge in [-0.1, -0.05) is 0 Å². The number of hydrogen-bond donors (Lipinski definition) is 0. The van der Waals surface area contributed by atoms with E-state index in [2.05, 4.69) is 9.88 Å². The molecule has 0 saturated carbocycles. The maximum Gasteiger partial charge on any atom is 0.228 e. The summed E-state index contributed by atoms with van der Waals surface area (Å²) in [4.78, 5) is 21.0. The van der Waals surface area contributed by atoms with E-state index in [1.807, 2.05) is 18.7 Å². The number of hydrogen-bond acceptors (Lipinski definition) is 5. The summed E-state index contributed by atoms with van der Waals surface area (Å²) in [7, 11) is 0. The number of oxazole rings is 1. The third-order valence-corrected chi connectivity index (χ3v) is 4.39. The molecule has 116 valence electrons. The summed E-state index contributed by atoms with van der Waals surface area (Å²) in [5.41, 5.74) is 0.958. The molecule has 0 spiro atoms. The van der Waals surface area contributed by atoms with Crippen molar-refractivity contribution in [2.45, 2.75) is 26.8 Å². The molecule has 0 bridgehead atoms. The minimum Gasteiger partial charge on any atom is -0.444 e. The highest BCUT2D eigenvalue weighted by atomic mass is 16.5. The van der Waals surface area contributed by atoms with Crippen LogP contribution in [-0.2, 0) is 16.1 Å². The van der Waals surface area contributed by atoms with Gasteiger partial charge in [0, 0.05) is 32.8 Å². The average molecular weight is 293 g/mol. The van der Waals surface area contributed by atoms with Gasteiger partial charge in [-0.2, -0.15) is 0 Å². The van der Waals surface area contributed by atoms with Crippen molar-refractivity contribution in [3.8, 4) is 0 Å². The molecule has 1 aromatic rings. The largest absolute Gasteiger partial charge is 0.444 e. The quantitative estimate of drug-likeness (QED) is 0.831. The number of rotatable bonds is 3. The van der Waals surface area contributed by atoms with Crippen LogP contribution in [0.4, 0.5) is 0 Å². The van der Waals surface area contributed by atoms with Gasteiger partial charge in [0.15, 0.2) is 0 Å². The van der Waals surface area contributed by atoms with Crippen molar-refractivity contribution < 1.29 is 13.9 Å². The predicted molar refractivity (Wildman–Crippen MR) is 76.8 cm³/mol. The maximum atomic E-state index is 12.3. The molecule has 2 aliphatic rings. The molecule has 2 aliphatic heterocycles. The smallest absolute Gasteiger partial charge is 0.228 e. The van der Waals surface area contributed by atoms with Crippen LogP contribution in [0.15, 0.2) is 4.42 Å². The molecule has 0 aliphatic carbocycles. The average Bonchev–Trinajstić information content (AvgIpc) is 3.10. The number of aryl methyl sites for hydroxylation is 2. The molecule has 1 aromatic heterocycles. The van der Waals surface area contributed by atoms with Crippen molar-refractivity contribution in [2.24, 2.45) is 5.92 Å². The molecule has 1 atom stereocenters. The number of piperazine rings is 1. The van der Waals surface area contributed by atoms with Crippen molar-refractivity contribution in [2.75, 3.05) is 39.4 Å². The van der Waals surface area contributed by atoms with Crippen LogP contribution < -0.4 is 0 Å². The predicted octanol–water partition coefficient (Wildman–Crippen LogP) is 0.972. The van der Waals surface area contributed by atoms with E-state index < -0.39 is 0 Å². The standard InChI is InChI=1S/C15H23N3O3/c1-11-12(2)21-14(16-11)9-17-4-6-18(7-5-17)15(19)13-3-8-20-10-13/h13H,3-10H2,1-2H3. The minimum atomic E-state index is 0.0774. The van der Waals surface area contributed by atoms with Gasteiger partial charge in [-0.25, -0.2) is 4.98 Å². The fourth-order valence-electron chi connectivity index (χ4n) is 2.91. The molecule has 0 N–H and O–H groups in total. The second-order valence-corrected chi connectivity index (χ2v) is 5.91. The fraction of sp³-hybridized carbons (Fsp3) is 0.733. The van der Waals surface area contributed by atoms with E-state index in [1.54, 1.807) is 0 Å². The van der Waals surface area contributed by atoms with Crippen LogP contribution in [-0.4, -0.2) is 60.1 Å². The van der Waals surface area contributed by atoms with Crippen LogP contribution in [0.3, 0.4) is 0 Å². The number of nitrogens with zero attached hydrogens (tertiary/aromatic N) is 3. The molecule has 1 unspecified atom stereocenters. The van der Waals surface area contributed by atoms with E-state index in [9.17, 15) is 4.79 Å².